The Hall–Kier alpha value is -0.0800. The summed E-state index contributed by atoms with van der Waals surface area (Å²) in [6.07, 6.45) is 9.09. The maximum atomic E-state index is 6.00. The summed E-state index contributed by atoms with van der Waals surface area (Å²) < 4.78 is 5.06. The zero-order valence-electron chi connectivity index (χ0n) is 8.80. The Morgan fingerprint density at radius 2 is 2.08 bits per heavy atom. The second-order valence-electron chi connectivity index (χ2n) is 4.28. The number of rotatable bonds is 4. The van der Waals surface area contributed by atoms with Gasteiger partial charge in [-0.15, -0.1) is 0 Å². The average Bonchev–Trinajstić information content (AvgIpc) is 2.31. The van der Waals surface area contributed by atoms with E-state index in [1.54, 1.807) is 7.11 Å². The van der Waals surface area contributed by atoms with Crippen LogP contribution < -0.4 is 5.73 Å². The molecule has 0 spiro atoms. The molecule has 0 bridgehead atoms. The van der Waals surface area contributed by atoms with Crippen LogP contribution in [0.4, 0.5) is 0 Å². The van der Waals surface area contributed by atoms with Crippen molar-refractivity contribution in [2.45, 2.75) is 51.0 Å². The standard InChI is InChI=1S/C11H23NO/c1-13-8-4-6-10-5-2-3-7-11(12)9-10/h10-11H,2-9,12H2,1H3. The Balaban J connectivity index is 2.15. The van der Waals surface area contributed by atoms with Gasteiger partial charge >= 0.3 is 0 Å². The molecular weight excluding hydrogens is 162 g/mol. The fourth-order valence-corrected chi connectivity index (χ4v) is 2.28. The van der Waals surface area contributed by atoms with Crippen LogP contribution in [0.15, 0.2) is 0 Å². The van der Waals surface area contributed by atoms with Crippen molar-refractivity contribution in [2.24, 2.45) is 11.7 Å². The first-order valence-corrected chi connectivity index (χ1v) is 5.57. The van der Waals surface area contributed by atoms with Crippen LogP contribution in [-0.2, 0) is 4.74 Å². The molecule has 1 aliphatic rings. The summed E-state index contributed by atoms with van der Waals surface area (Å²) in [5.41, 5.74) is 6.00. The van der Waals surface area contributed by atoms with Crippen molar-refractivity contribution in [3.05, 3.63) is 0 Å². The van der Waals surface area contributed by atoms with Crippen LogP contribution in [0.2, 0.25) is 0 Å². The molecule has 0 aromatic heterocycles. The van der Waals surface area contributed by atoms with E-state index < -0.39 is 0 Å². The van der Waals surface area contributed by atoms with Crippen LogP contribution in [0.3, 0.4) is 0 Å². The van der Waals surface area contributed by atoms with E-state index in [0.717, 1.165) is 12.5 Å². The van der Waals surface area contributed by atoms with Gasteiger partial charge in [-0.1, -0.05) is 19.3 Å². The molecule has 0 aliphatic heterocycles. The first-order valence-electron chi connectivity index (χ1n) is 5.57. The van der Waals surface area contributed by atoms with E-state index in [0.29, 0.717) is 6.04 Å². The summed E-state index contributed by atoms with van der Waals surface area (Å²) >= 11 is 0. The van der Waals surface area contributed by atoms with Gasteiger partial charge in [0.05, 0.1) is 0 Å². The van der Waals surface area contributed by atoms with Crippen LogP contribution in [0, 0.1) is 5.92 Å². The van der Waals surface area contributed by atoms with Gasteiger partial charge in [-0.05, 0) is 31.6 Å². The van der Waals surface area contributed by atoms with Crippen molar-refractivity contribution in [3.8, 4) is 0 Å². The first kappa shape index (κ1) is 11.0. The van der Waals surface area contributed by atoms with Crippen molar-refractivity contribution in [1.29, 1.82) is 0 Å². The predicted molar refractivity (Wildman–Crippen MR) is 55.7 cm³/mol. The van der Waals surface area contributed by atoms with Gasteiger partial charge in [0.2, 0.25) is 0 Å². The second kappa shape index (κ2) is 6.39. The lowest BCUT2D eigenvalue weighted by Gasteiger charge is -2.16. The fraction of sp³-hybridized carbons (Fsp3) is 1.00. The van der Waals surface area contributed by atoms with Gasteiger partial charge in [0.15, 0.2) is 0 Å². The predicted octanol–water partition coefficient (Wildman–Crippen LogP) is 2.32. The largest absolute Gasteiger partial charge is 0.385 e. The lowest BCUT2D eigenvalue weighted by molar-refractivity contribution is 0.184. The molecule has 2 unspecified atom stereocenters. The van der Waals surface area contributed by atoms with Crippen LogP contribution >= 0.6 is 0 Å². The summed E-state index contributed by atoms with van der Waals surface area (Å²) in [5, 5.41) is 0. The molecule has 2 atom stereocenters. The molecule has 0 heterocycles. The Bertz CT molecular complexity index is 127. The second-order valence-corrected chi connectivity index (χ2v) is 4.28. The molecule has 78 valence electrons. The molecule has 13 heavy (non-hydrogen) atoms. The van der Waals surface area contributed by atoms with Gasteiger partial charge < -0.3 is 10.5 Å². The monoisotopic (exact) mass is 185 g/mol. The molecule has 0 aromatic carbocycles. The highest BCUT2D eigenvalue weighted by Gasteiger charge is 2.16. The first-order chi connectivity index (χ1) is 6.33. The van der Waals surface area contributed by atoms with Crippen molar-refractivity contribution < 1.29 is 4.74 Å². The zero-order chi connectivity index (χ0) is 9.52. The number of ether oxygens (including phenoxy) is 1. The third-order valence-corrected chi connectivity index (χ3v) is 3.03. The fourth-order valence-electron chi connectivity index (χ4n) is 2.28. The van der Waals surface area contributed by atoms with Gasteiger partial charge in [0, 0.05) is 19.8 Å². The molecular formula is C11H23NO. The summed E-state index contributed by atoms with van der Waals surface area (Å²) in [7, 11) is 1.78. The molecule has 0 radical (unpaired) electrons. The minimum atomic E-state index is 0.468. The van der Waals surface area contributed by atoms with Gasteiger partial charge in [-0.2, -0.15) is 0 Å². The van der Waals surface area contributed by atoms with Gasteiger partial charge in [0.1, 0.15) is 0 Å². The highest BCUT2D eigenvalue weighted by Crippen LogP contribution is 2.25. The third-order valence-electron chi connectivity index (χ3n) is 3.03. The summed E-state index contributed by atoms with van der Waals surface area (Å²) in [5.74, 6) is 0.868. The highest BCUT2D eigenvalue weighted by atomic mass is 16.5. The number of hydrogen-bond donors (Lipinski definition) is 1. The van der Waals surface area contributed by atoms with Gasteiger partial charge in [-0.3, -0.25) is 0 Å². The van der Waals surface area contributed by atoms with E-state index in [4.69, 9.17) is 10.5 Å². The SMILES string of the molecule is COCCCC1CCCCC(N)C1. The van der Waals surface area contributed by atoms with Crippen LogP contribution in [0.25, 0.3) is 0 Å². The summed E-state index contributed by atoms with van der Waals surface area (Å²) in [6.45, 7) is 0.908. The maximum Gasteiger partial charge on any atom is 0.0462 e. The lowest BCUT2D eigenvalue weighted by Crippen LogP contribution is -2.21. The quantitative estimate of drug-likeness (QED) is 0.539. The molecule has 2 heteroatoms. The molecule has 1 fully saturated rings. The normalized spacial score (nSPS) is 30.0. The smallest absolute Gasteiger partial charge is 0.0462 e. The number of methoxy groups -OCH3 is 1. The molecule has 1 saturated carbocycles. The lowest BCUT2D eigenvalue weighted by atomic mass is 9.94. The third kappa shape index (κ3) is 4.63. The van der Waals surface area contributed by atoms with E-state index in [1.807, 2.05) is 0 Å². The van der Waals surface area contributed by atoms with E-state index in [9.17, 15) is 0 Å². The molecule has 2 nitrogen and oxygen atoms in total. The highest BCUT2D eigenvalue weighted by molar-refractivity contribution is 4.73. The zero-order valence-corrected chi connectivity index (χ0v) is 8.80. The van der Waals surface area contributed by atoms with E-state index in [2.05, 4.69) is 0 Å². The molecule has 0 aromatic rings. The molecule has 0 saturated heterocycles. The minimum Gasteiger partial charge on any atom is -0.385 e. The Morgan fingerprint density at radius 3 is 2.85 bits per heavy atom. The van der Waals surface area contributed by atoms with Crippen molar-refractivity contribution in [3.63, 3.8) is 0 Å². The average molecular weight is 185 g/mol. The molecule has 1 rings (SSSR count). The number of nitrogens with two attached hydrogens (primary N) is 1. The molecule has 2 N–H and O–H groups in total. The van der Waals surface area contributed by atoms with E-state index in [1.165, 1.54) is 44.9 Å². The minimum absolute atomic E-state index is 0.468. The summed E-state index contributed by atoms with van der Waals surface area (Å²) in [6, 6.07) is 0.468. The summed E-state index contributed by atoms with van der Waals surface area (Å²) in [4.78, 5) is 0. The van der Waals surface area contributed by atoms with E-state index in [-0.39, 0.29) is 0 Å². The van der Waals surface area contributed by atoms with Crippen molar-refractivity contribution in [2.75, 3.05) is 13.7 Å². The van der Waals surface area contributed by atoms with E-state index >= 15 is 0 Å². The molecule has 1 aliphatic carbocycles. The van der Waals surface area contributed by atoms with Gasteiger partial charge in [-0.25, -0.2) is 0 Å². The Labute approximate surface area is 81.8 Å². The van der Waals surface area contributed by atoms with Crippen LogP contribution in [0.1, 0.15) is 44.9 Å². The van der Waals surface area contributed by atoms with Crippen LogP contribution in [0.5, 0.6) is 0 Å². The topological polar surface area (TPSA) is 35.2 Å². The molecule has 0 amide bonds. The van der Waals surface area contributed by atoms with Crippen molar-refractivity contribution in [1.82, 2.24) is 0 Å². The van der Waals surface area contributed by atoms with Gasteiger partial charge in [0.25, 0.3) is 0 Å². The Kier molecular flexibility index (Phi) is 5.40. The Morgan fingerprint density at radius 1 is 1.31 bits per heavy atom. The maximum absolute atomic E-state index is 6.00. The van der Waals surface area contributed by atoms with Crippen molar-refractivity contribution >= 4 is 0 Å². The number of hydrogen-bond acceptors (Lipinski definition) is 2. The van der Waals surface area contributed by atoms with Crippen LogP contribution in [-0.4, -0.2) is 19.8 Å².